The zero-order valence-corrected chi connectivity index (χ0v) is 14.0. The highest BCUT2D eigenvalue weighted by Crippen LogP contribution is 2.26. The molecule has 0 unspecified atom stereocenters. The van der Waals surface area contributed by atoms with E-state index in [1.807, 2.05) is 56.4 Å². The van der Waals surface area contributed by atoms with E-state index in [2.05, 4.69) is 14.9 Å². The summed E-state index contributed by atoms with van der Waals surface area (Å²) in [5, 5.41) is 0. The summed E-state index contributed by atoms with van der Waals surface area (Å²) in [6.45, 7) is 4.43. The van der Waals surface area contributed by atoms with Gasteiger partial charge in [0.1, 0.15) is 5.82 Å². The summed E-state index contributed by atoms with van der Waals surface area (Å²) in [5.74, 6) is 1.44. The smallest absolute Gasteiger partial charge is 0.253 e. The maximum atomic E-state index is 12.6. The molecule has 5 nitrogen and oxygen atoms in total. The van der Waals surface area contributed by atoms with Crippen LogP contribution in [0, 0.1) is 6.92 Å². The van der Waals surface area contributed by atoms with Crippen LogP contribution in [0.25, 0.3) is 0 Å². The standard InChI is InChI=1S/C18H24N4O/c1-13-10-19-17(20-13)16-8-9-22(12-16)18(23)15-6-4-14(5-7-15)11-21(2)3/h4-7,10,16H,8-9,11-12H2,1-3H3,(H,19,20)/t16-/m0/s1. The van der Waals surface area contributed by atoms with Gasteiger partial charge in [0.15, 0.2) is 0 Å². The van der Waals surface area contributed by atoms with Crippen LogP contribution in [0.5, 0.6) is 0 Å². The average molecular weight is 312 g/mol. The zero-order valence-electron chi connectivity index (χ0n) is 14.0. The second-order valence-corrected chi connectivity index (χ2v) is 6.62. The number of amides is 1. The van der Waals surface area contributed by atoms with Crippen molar-refractivity contribution >= 4 is 5.91 Å². The van der Waals surface area contributed by atoms with Crippen LogP contribution in [0.3, 0.4) is 0 Å². The molecule has 2 aromatic rings. The minimum Gasteiger partial charge on any atom is -0.346 e. The molecule has 0 spiro atoms. The van der Waals surface area contributed by atoms with Gasteiger partial charge >= 0.3 is 0 Å². The number of hydrogen-bond acceptors (Lipinski definition) is 3. The number of carbonyl (C=O) groups is 1. The van der Waals surface area contributed by atoms with E-state index < -0.39 is 0 Å². The van der Waals surface area contributed by atoms with Crippen molar-refractivity contribution in [2.24, 2.45) is 0 Å². The lowest BCUT2D eigenvalue weighted by Gasteiger charge is -2.17. The molecule has 0 radical (unpaired) electrons. The lowest BCUT2D eigenvalue weighted by Crippen LogP contribution is -2.28. The lowest BCUT2D eigenvalue weighted by atomic mass is 10.1. The third-order valence-electron chi connectivity index (χ3n) is 4.28. The van der Waals surface area contributed by atoms with Gasteiger partial charge in [0.2, 0.25) is 0 Å². The van der Waals surface area contributed by atoms with E-state index in [0.717, 1.165) is 43.1 Å². The molecule has 1 saturated heterocycles. The van der Waals surface area contributed by atoms with Crippen molar-refractivity contribution < 1.29 is 4.79 Å². The van der Waals surface area contributed by atoms with E-state index in [4.69, 9.17) is 0 Å². The summed E-state index contributed by atoms with van der Waals surface area (Å²) in [7, 11) is 4.08. The summed E-state index contributed by atoms with van der Waals surface area (Å²) < 4.78 is 0. The van der Waals surface area contributed by atoms with Gasteiger partial charge in [0.25, 0.3) is 5.91 Å². The Balaban J connectivity index is 1.64. The van der Waals surface area contributed by atoms with Crippen molar-refractivity contribution in [3.8, 4) is 0 Å². The second kappa shape index (κ2) is 6.54. The molecule has 1 aliphatic rings. The number of benzene rings is 1. The molecule has 1 amide bonds. The van der Waals surface area contributed by atoms with Gasteiger partial charge in [-0.2, -0.15) is 0 Å². The molecular formula is C18H24N4O. The first-order chi connectivity index (χ1) is 11.0. The molecule has 5 heteroatoms. The molecule has 0 saturated carbocycles. The van der Waals surface area contributed by atoms with Crippen molar-refractivity contribution in [1.29, 1.82) is 0 Å². The summed E-state index contributed by atoms with van der Waals surface area (Å²) >= 11 is 0. The van der Waals surface area contributed by atoms with Crippen LogP contribution in [0.1, 0.15) is 39.8 Å². The number of aromatic nitrogens is 2. The van der Waals surface area contributed by atoms with Gasteiger partial charge in [-0.1, -0.05) is 12.1 Å². The van der Waals surface area contributed by atoms with Gasteiger partial charge in [-0.3, -0.25) is 4.79 Å². The minimum absolute atomic E-state index is 0.118. The molecule has 1 aromatic carbocycles. The molecule has 122 valence electrons. The lowest BCUT2D eigenvalue weighted by molar-refractivity contribution is 0.0790. The number of nitrogens with zero attached hydrogens (tertiary/aromatic N) is 3. The highest BCUT2D eigenvalue weighted by atomic mass is 16.2. The first-order valence-electron chi connectivity index (χ1n) is 8.07. The van der Waals surface area contributed by atoms with E-state index >= 15 is 0 Å². The predicted molar refractivity (Wildman–Crippen MR) is 90.4 cm³/mol. The van der Waals surface area contributed by atoms with Crippen LogP contribution in [-0.4, -0.2) is 52.9 Å². The Morgan fingerprint density at radius 2 is 2.09 bits per heavy atom. The van der Waals surface area contributed by atoms with Gasteiger partial charge in [-0.15, -0.1) is 0 Å². The molecule has 0 aliphatic carbocycles. The van der Waals surface area contributed by atoms with Crippen molar-refractivity contribution in [3.05, 3.63) is 53.1 Å². The summed E-state index contributed by atoms with van der Waals surface area (Å²) in [6, 6.07) is 7.95. The topological polar surface area (TPSA) is 52.2 Å². The maximum absolute atomic E-state index is 12.6. The van der Waals surface area contributed by atoms with Crippen LogP contribution in [0.15, 0.2) is 30.5 Å². The van der Waals surface area contributed by atoms with E-state index in [-0.39, 0.29) is 5.91 Å². The predicted octanol–water partition coefficient (Wildman–Crippen LogP) is 2.41. The number of aryl methyl sites for hydroxylation is 1. The Hall–Kier alpha value is -2.14. The SMILES string of the molecule is Cc1cnc([C@H]2CCN(C(=O)c3ccc(CN(C)C)cc3)C2)[nH]1. The molecule has 2 heterocycles. The monoisotopic (exact) mass is 312 g/mol. The number of H-pyrrole nitrogens is 1. The Morgan fingerprint density at radius 1 is 1.35 bits per heavy atom. The fourth-order valence-electron chi connectivity index (χ4n) is 3.11. The number of rotatable bonds is 4. The largest absolute Gasteiger partial charge is 0.346 e. The molecular weight excluding hydrogens is 288 g/mol. The average Bonchev–Trinajstić information content (AvgIpc) is 3.15. The molecule has 1 fully saturated rings. The Morgan fingerprint density at radius 3 is 2.70 bits per heavy atom. The van der Waals surface area contributed by atoms with Crippen LogP contribution in [-0.2, 0) is 6.54 Å². The van der Waals surface area contributed by atoms with Crippen molar-refractivity contribution in [2.75, 3.05) is 27.2 Å². The number of imidazole rings is 1. The summed E-state index contributed by atoms with van der Waals surface area (Å²) in [5.41, 5.74) is 3.06. The molecule has 23 heavy (non-hydrogen) atoms. The molecule has 1 aromatic heterocycles. The Bertz CT molecular complexity index is 675. The fourth-order valence-corrected chi connectivity index (χ4v) is 3.11. The first kappa shape index (κ1) is 15.7. The van der Waals surface area contributed by atoms with Gasteiger partial charge in [0.05, 0.1) is 0 Å². The number of aromatic amines is 1. The summed E-state index contributed by atoms with van der Waals surface area (Å²) in [6.07, 6.45) is 2.82. The number of carbonyl (C=O) groups excluding carboxylic acids is 1. The zero-order chi connectivity index (χ0) is 16.4. The van der Waals surface area contributed by atoms with Gasteiger partial charge in [0, 0.05) is 43.0 Å². The maximum Gasteiger partial charge on any atom is 0.253 e. The highest BCUT2D eigenvalue weighted by molar-refractivity contribution is 5.94. The molecule has 3 rings (SSSR count). The third-order valence-corrected chi connectivity index (χ3v) is 4.28. The highest BCUT2D eigenvalue weighted by Gasteiger charge is 2.29. The van der Waals surface area contributed by atoms with Crippen LogP contribution in [0.2, 0.25) is 0 Å². The van der Waals surface area contributed by atoms with Crippen molar-refractivity contribution in [2.45, 2.75) is 25.8 Å². The molecule has 1 atom stereocenters. The normalized spacial score (nSPS) is 17.9. The third kappa shape index (κ3) is 3.62. The van der Waals surface area contributed by atoms with E-state index in [0.29, 0.717) is 5.92 Å². The van der Waals surface area contributed by atoms with Gasteiger partial charge in [-0.05, 0) is 45.1 Å². The Kier molecular flexibility index (Phi) is 4.48. The van der Waals surface area contributed by atoms with E-state index in [1.54, 1.807) is 0 Å². The molecule has 1 N–H and O–H groups in total. The fraction of sp³-hybridized carbons (Fsp3) is 0.444. The number of likely N-dealkylation sites (tertiary alicyclic amines) is 1. The van der Waals surface area contributed by atoms with Gasteiger partial charge in [-0.25, -0.2) is 4.98 Å². The van der Waals surface area contributed by atoms with Gasteiger partial charge < -0.3 is 14.8 Å². The number of nitrogens with one attached hydrogen (secondary N) is 1. The first-order valence-corrected chi connectivity index (χ1v) is 8.07. The van der Waals surface area contributed by atoms with Crippen LogP contribution >= 0.6 is 0 Å². The van der Waals surface area contributed by atoms with Crippen LogP contribution in [0.4, 0.5) is 0 Å². The molecule has 1 aliphatic heterocycles. The quantitative estimate of drug-likeness (QED) is 0.943. The number of hydrogen-bond donors (Lipinski definition) is 1. The van der Waals surface area contributed by atoms with Crippen molar-refractivity contribution in [3.63, 3.8) is 0 Å². The van der Waals surface area contributed by atoms with Crippen LogP contribution < -0.4 is 0 Å². The van der Waals surface area contributed by atoms with E-state index in [1.165, 1.54) is 5.56 Å². The minimum atomic E-state index is 0.118. The summed E-state index contributed by atoms with van der Waals surface area (Å²) in [4.78, 5) is 24.4. The second-order valence-electron chi connectivity index (χ2n) is 6.62. The van der Waals surface area contributed by atoms with E-state index in [9.17, 15) is 4.79 Å². The molecule has 0 bridgehead atoms. The Labute approximate surface area is 137 Å². The van der Waals surface area contributed by atoms with Crippen molar-refractivity contribution in [1.82, 2.24) is 19.8 Å².